The molecule has 0 aromatic heterocycles. The number of hydrogen-bond acceptors (Lipinski definition) is 4. The van der Waals surface area contributed by atoms with Crippen molar-refractivity contribution in [3.05, 3.63) is 65.5 Å². The van der Waals surface area contributed by atoms with E-state index in [0.29, 0.717) is 5.92 Å². The Morgan fingerprint density at radius 1 is 1.14 bits per heavy atom. The average Bonchev–Trinajstić information content (AvgIpc) is 3.14. The minimum Gasteiger partial charge on any atom is -0.461 e. The number of carbonyl (C=O) groups is 1. The zero-order valence-corrected chi connectivity index (χ0v) is 15.8. The topological polar surface area (TPSA) is 41.6 Å². The summed E-state index contributed by atoms with van der Waals surface area (Å²) in [6, 6.07) is 12.8. The van der Waals surface area contributed by atoms with Crippen molar-refractivity contribution in [3.63, 3.8) is 0 Å². The first-order valence-electron chi connectivity index (χ1n) is 9.85. The van der Waals surface area contributed by atoms with Crippen molar-refractivity contribution >= 4 is 18.0 Å². The molecule has 1 atom stereocenters. The molecule has 4 rings (SSSR count). The number of likely N-dealkylation sites (tertiary alicyclic amines) is 1. The first-order valence-corrected chi connectivity index (χ1v) is 9.85. The predicted octanol–water partition coefficient (Wildman–Crippen LogP) is 4.12. The van der Waals surface area contributed by atoms with Gasteiger partial charge in [0.2, 0.25) is 6.23 Å². The number of hydrogen-bond donors (Lipinski definition) is 1. The highest BCUT2D eigenvalue weighted by molar-refractivity contribution is 5.73. The Hall–Kier alpha value is -2.66. The van der Waals surface area contributed by atoms with Gasteiger partial charge in [-0.05, 0) is 73.7 Å². The minimum atomic E-state index is -0.578. The Bertz CT molecular complexity index is 842. The van der Waals surface area contributed by atoms with Gasteiger partial charge in [-0.25, -0.2) is 4.39 Å². The third kappa shape index (κ3) is 4.60. The summed E-state index contributed by atoms with van der Waals surface area (Å²) in [5, 5.41) is 3.00. The molecule has 146 valence electrons. The molecule has 0 amide bonds. The molecule has 1 N–H and O–H groups in total. The Morgan fingerprint density at radius 2 is 1.93 bits per heavy atom. The zero-order valence-electron chi connectivity index (χ0n) is 15.8. The number of halogens is 1. The van der Waals surface area contributed by atoms with E-state index in [1.165, 1.54) is 18.4 Å². The van der Waals surface area contributed by atoms with Gasteiger partial charge in [-0.1, -0.05) is 30.4 Å². The average molecular weight is 380 g/mol. The summed E-state index contributed by atoms with van der Waals surface area (Å²) < 4.78 is 18.5. The fourth-order valence-electron chi connectivity index (χ4n) is 3.91. The molecule has 0 saturated carbocycles. The van der Waals surface area contributed by atoms with Gasteiger partial charge in [0, 0.05) is 6.54 Å². The lowest BCUT2D eigenvalue weighted by atomic mass is 9.90. The van der Waals surface area contributed by atoms with Gasteiger partial charge >= 0.3 is 0 Å². The number of nitrogens with one attached hydrogen (secondary N) is 1. The summed E-state index contributed by atoms with van der Waals surface area (Å²) in [7, 11) is 0. The molecule has 0 bridgehead atoms. The van der Waals surface area contributed by atoms with Crippen LogP contribution in [0.1, 0.15) is 24.0 Å². The van der Waals surface area contributed by atoms with E-state index in [9.17, 15) is 9.18 Å². The summed E-state index contributed by atoms with van der Waals surface area (Å²) in [4.78, 5) is 13.3. The van der Waals surface area contributed by atoms with Crippen LogP contribution in [0.2, 0.25) is 0 Å². The van der Waals surface area contributed by atoms with E-state index in [4.69, 9.17) is 4.74 Å². The number of ether oxygens (including phenoxy) is 1. The Labute approximate surface area is 165 Å². The van der Waals surface area contributed by atoms with Crippen molar-refractivity contribution in [3.8, 4) is 5.75 Å². The predicted molar refractivity (Wildman–Crippen MR) is 109 cm³/mol. The highest BCUT2D eigenvalue weighted by atomic mass is 19.1. The lowest BCUT2D eigenvalue weighted by Crippen LogP contribution is -2.34. The van der Waals surface area contributed by atoms with E-state index in [1.54, 1.807) is 12.1 Å². The summed E-state index contributed by atoms with van der Waals surface area (Å²) in [5.41, 5.74) is 3.15. The molecular formula is C23H25FN2O2. The van der Waals surface area contributed by atoms with Gasteiger partial charge in [-0.3, -0.25) is 9.69 Å². The molecule has 2 aliphatic rings. The normalized spacial score (nSPS) is 20.0. The molecule has 0 radical (unpaired) electrons. The summed E-state index contributed by atoms with van der Waals surface area (Å²) in [6.07, 6.45) is 7.85. The highest BCUT2D eigenvalue weighted by Crippen LogP contribution is 2.32. The standard InChI is InChI=1S/C23H25FN2O2/c24-20-6-3-18(4-7-20)14-19-9-12-26(13-10-19)11-1-2-17-5-8-21-22(15-17)28-23(16-27)25-21/h1-8,15-16,19,23,25H,9-14H2. The van der Waals surface area contributed by atoms with E-state index >= 15 is 0 Å². The maximum atomic E-state index is 13.0. The van der Waals surface area contributed by atoms with Crippen LogP contribution in [-0.4, -0.2) is 37.0 Å². The van der Waals surface area contributed by atoms with Crippen LogP contribution in [0.15, 0.2) is 48.5 Å². The summed E-state index contributed by atoms with van der Waals surface area (Å²) in [5.74, 6) is 1.23. The quantitative estimate of drug-likeness (QED) is 0.766. The number of fused-ring (bicyclic) bond motifs is 1. The van der Waals surface area contributed by atoms with Crippen LogP contribution in [-0.2, 0) is 11.2 Å². The van der Waals surface area contributed by atoms with Crippen molar-refractivity contribution in [1.29, 1.82) is 0 Å². The number of benzene rings is 2. The third-order valence-corrected chi connectivity index (χ3v) is 5.50. The van der Waals surface area contributed by atoms with Crippen molar-refractivity contribution in [2.45, 2.75) is 25.5 Å². The van der Waals surface area contributed by atoms with Crippen LogP contribution in [0.5, 0.6) is 5.75 Å². The van der Waals surface area contributed by atoms with Crippen molar-refractivity contribution in [1.82, 2.24) is 4.90 Å². The van der Waals surface area contributed by atoms with Crippen LogP contribution in [0.25, 0.3) is 6.08 Å². The number of carbonyl (C=O) groups excluding carboxylic acids is 1. The smallest absolute Gasteiger partial charge is 0.226 e. The van der Waals surface area contributed by atoms with Crippen LogP contribution in [0.3, 0.4) is 0 Å². The Kier molecular flexibility index (Phi) is 5.72. The number of rotatable bonds is 6. The van der Waals surface area contributed by atoms with Gasteiger partial charge in [0.25, 0.3) is 0 Å². The fourth-order valence-corrected chi connectivity index (χ4v) is 3.91. The molecule has 4 nitrogen and oxygen atoms in total. The van der Waals surface area contributed by atoms with Gasteiger partial charge in [0.1, 0.15) is 11.6 Å². The molecule has 1 unspecified atom stereocenters. The highest BCUT2D eigenvalue weighted by Gasteiger charge is 2.21. The first-order chi connectivity index (χ1) is 13.7. The molecule has 5 heteroatoms. The molecule has 2 aromatic rings. The molecule has 0 spiro atoms. The van der Waals surface area contributed by atoms with Gasteiger partial charge in [-0.2, -0.15) is 0 Å². The van der Waals surface area contributed by atoms with E-state index in [0.717, 1.165) is 49.3 Å². The fraction of sp³-hybridized carbons (Fsp3) is 0.348. The molecule has 1 fully saturated rings. The van der Waals surface area contributed by atoms with E-state index in [-0.39, 0.29) is 5.82 Å². The summed E-state index contributed by atoms with van der Waals surface area (Å²) in [6.45, 7) is 3.11. The largest absolute Gasteiger partial charge is 0.461 e. The third-order valence-electron chi connectivity index (χ3n) is 5.50. The van der Waals surface area contributed by atoms with Gasteiger partial charge in [-0.15, -0.1) is 0 Å². The number of anilines is 1. The number of piperidine rings is 1. The van der Waals surface area contributed by atoms with Gasteiger partial charge in [0.15, 0.2) is 6.29 Å². The van der Waals surface area contributed by atoms with Crippen LogP contribution in [0, 0.1) is 11.7 Å². The van der Waals surface area contributed by atoms with Crippen molar-refractivity contribution < 1.29 is 13.9 Å². The minimum absolute atomic E-state index is 0.167. The van der Waals surface area contributed by atoms with Gasteiger partial charge < -0.3 is 10.1 Å². The number of nitrogens with zero attached hydrogens (tertiary/aromatic N) is 1. The monoisotopic (exact) mass is 380 g/mol. The van der Waals surface area contributed by atoms with E-state index in [1.807, 2.05) is 30.3 Å². The van der Waals surface area contributed by atoms with E-state index in [2.05, 4.69) is 22.4 Å². The van der Waals surface area contributed by atoms with Crippen LogP contribution < -0.4 is 10.1 Å². The second kappa shape index (κ2) is 8.57. The molecule has 0 aliphatic carbocycles. The van der Waals surface area contributed by atoms with Gasteiger partial charge in [0.05, 0.1) is 5.69 Å². The maximum absolute atomic E-state index is 13.0. The van der Waals surface area contributed by atoms with Crippen LogP contribution in [0.4, 0.5) is 10.1 Å². The molecule has 2 heterocycles. The lowest BCUT2D eigenvalue weighted by Gasteiger charge is -2.31. The second-order valence-electron chi connectivity index (χ2n) is 7.55. The van der Waals surface area contributed by atoms with Crippen LogP contribution >= 0.6 is 0 Å². The van der Waals surface area contributed by atoms with Crippen molar-refractivity contribution in [2.75, 3.05) is 25.0 Å². The zero-order chi connectivity index (χ0) is 19.3. The second-order valence-corrected chi connectivity index (χ2v) is 7.55. The molecular weight excluding hydrogens is 355 g/mol. The Morgan fingerprint density at radius 3 is 2.68 bits per heavy atom. The molecule has 2 aromatic carbocycles. The molecule has 1 saturated heterocycles. The first kappa shape index (κ1) is 18.7. The van der Waals surface area contributed by atoms with Crippen molar-refractivity contribution in [2.24, 2.45) is 5.92 Å². The van der Waals surface area contributed by atoms with E-state index < -0.39 is 6.23 Å². The maximum Gasteiger partial charge on any atom is 0.226 e. The SMILES string of the molecule is O=CC1Nc2ccc(C=CCN3CCC(Cc4ccc(F)cc4)CC3)cc2O1. The number of aldehydes is 1. The molecule has 2 aliphatic heterocycles. The molecule has 28 heavy (non-hydrogen) atoms. The summed E-state index contributed by atoms with van der Waals surface area (Å²) >= 11 is 0. The Balaban J connectivity index is 1.23. The lowest BCUT2D eigenvalue weighted by molar-refractivity contribution is -0.112.